The van der Waals surface area contributed by atoms with Crippen molar-refractivity contribution in [1.29, 1.82) is 0 Å². The van der Waals surface area contributed by atoms with Crippen molar-refractivity contribution in [3.8, 4) is 0 Å². The Bertz CT molecular complexity index is 174. The third-order valence-electron chi connectivity index (χ3n) is 1.24. The van der Waals surface area contributed by atoms with Gasteiger partial charge in [-0.1, -0.05) is 48.6 Å². The lowest BCUT2D eigenvalue weighted by atomic mass is 10.4. The van der Waals surface area contributed by atoms with E-state index in [4.69, 9.17) is 0 Å². The van der Waals surface area contributed by atoms with Crippen molar-refractivity contribution in [2.75, 3.05) is 13.1 Å². The Morgan fingerprint density at radius 1 is 0.786 bits per heavy atom. The fraction of sp³-hybridized carbons (Fsp3) is 0.167. The zero-order valence-corrected chi connectivity index (χ0v) is 9.17. The van der Waals surface area contributed by atoms with Gasteiger partial charge in [-0.3, -0.25) is 0 Å². The van der Waals surface area contributed by atoms with Crippen LogP contribution in [0.1, 0.15) is 0 Å². The first-order valence-electron chi connectivity index (χ1n) is 4.34. The Hall–Kier alpha value is -1.05. The molecule has 1 aromatic carbocycles. The van der Waals surface area contributed by atoms with Gasteiger partial charge in [0, 0.05) is 13.1 Å². The van der Waals surface area contributed by atoms with E-state index < -0.39 is 0 Å². The van der Waals surface area contributed by atoms with Crippen LogP contribution in [0.5, 0.6) is 0 Å². The molecule has 1 N–H and O–H groups in total. The van der Waals surface area contributed by atoms with E-state index in [9.17, 15) is 0 Å². The van der Waals surface area contributed by atoms with Crippen LogP contribution in [-0.4, -0.2) is 13.1 Å². The molecular formula is C12H18ClN. The summed E-state index contributed by atoms with van der Waals surface area (Å²) in [6.07, 6.45) is 3.65. The minimum absolute atomic E-state index is 0. The Balaban J connectivity index is 0. The maximum atomic E-state index is 3.54. The molecule has 0 radical (unpaired) electrons. The lowest BCUT2D eigenvalue weighted by molar-refractivity contribution is 0.845. The highest BCUT2D eigenvalue weighted by molar-refractivity contribution is 5.85. The first-order chi connectivity index (χ1) is 6.41. The van der Waals surface area contributed by atoms with Gasteiger partial charge in [-0.05, 0) is 0 Å². The molecule has 0 fully saturated rings. The van der Waals surface area contributed by atoms with Gasteiger partial charge in [0.2, 0.25) is 0 Å². The number of nitrogens with one attached hydrogen (secondary N) is 1. The second-order valence-corrected chi connectivity index (χ2v) is 2.39. The average molecular weight is 212 g/mol. The van der Waals surface area contributed by atoms with Gasteiger partial charge < -0.3 is 5.32 Å². The van der Waals surface area contributed by atoms with Gasteiger partial charge in [0.25, 0.3) is 0 Å². The Labute approximate surface area is 93.0 Å². The molecule has 0 aliphatic carbocycles. The predicted octanol–water partition coefficient (Wildman–Crippen LogP) is 3.06. The summed E-state index contributed by atoms with van der Waals surface area (Å²) in [6, 6.07) is 12.0. The molecule has 0 unspecified atom stereocenters. The highest BCUT2D eigenvalue weighted by atomic mass is 35.5. The summed E-state index contributed by atoms with van der Waals surface area (Å²) in [5, 5.41) is 3.05. The van der Waals surface area contributed by atoms with E-state index in [2.05, 4.69) is 18.5 Å². The molecule has 0 amide bonds. The Morgan fingerprint density at radius 3 is 1.29 bits per heavy atom. The van der Waals surface area contributed by atoms with Crippen LogP contribution in [0.15, 0.2) is 61.7 Å². The fourth-order valence-corrected chi connectivity index (χ4v) is 0.672. The summed E-state index contributed by atoms with van der Waals surface area (Å²) in [5.74, 6) is 0. The number of hydrogen-bond donors (Lipinski definition) is 1. The zero-order valence-electron chi connectivity index (χ0n) is 8.36. The van der Waals surface area contributed by atoms with Gasteiger partial charge in [0.15, 0.2) is 0 Å². The van der Waals surface area contributed by atoms with Crippen LogP contribution in [0, 0.1) is 0 Å². The lowest BCUT2D eigenvalue weighted by Crippen LogP contribution is -2.11. The van der Waals surface area contributed by atoms with Crippen molar-refractivity contribution in [2.45, 2.75) is 0 Å². The first-order valence-corrected chi connectivity index (χ1v) is 4.34. The van der Waals surface area contributed by atoms with Crippen molar-refractivity contribution < 1.29 is 0 Å². The molecule has 0 saturated heterocycles. The lowest BCUT2D eigenvalue weighted by Gasteiger charge is -1.90. The first kappa shape index (κ1) is 15.4. The van der Waals surface area contributed by atoms with Gasteiger partial charge in [0.05, 0.1) is 0 Å². The van der Waals surface area contributed by atoms with Gasteiger partial charge in [-0.2, -0.15) is 0 Å². The highest BCUT2D eigenvalue weighted by Crippen LogP contribution is 1.79. The molecule has 1 nitrogen and oxygen atoms in total. The number of rotatable bonds is 4. The van der Waals surface area contributed by atoms with Crippen LogP contribution >= 0.6 is 12.4 Å². The number of hydrogen-bond acceptors (Lipinski definition) is 1. The molecule has 0 bridgehead atoms. The van der Waals surface area contributed by atoms with Gasteiger partial charge in [0.1, 0.15) is 0 Å². The molecule has 14 heavy (non-hydrogen) atoms. The van der Waals surface area contributed by atoms with Crippen molar-refractivity contribution in [1.82, 2.24) is 5.32 Å². The largest absolute Gasteiger partial charge is 0.310 e. The Morgan fingerprint density at radius 2 is 1.07 bits per heavy atom. The molecule has 0 aliphatic heterocycles. The van der Waals surface area contributed by atoms with E-state index in [-0.39, 0.29) is 12.4 Å². The highest BCUT2D eigenvalue weighted by Gasteiger charge is 1.69. The molecule has 0 heterocycles. The van der Waals surface area contributed by atoms with E-state index in [1.807, 2.05) is 48.6 Å². The van der Waals surface area contributed by atoms with E-state index in [1.54, 1.807) is 0 Å². The van der Waals surface area contributed by atoms with Crippen LogP contribution in [0.2, 0.25) is 0 Å². The van der Waals surface area contributed by atoms with Crippen molar-refractivity contribution >= 4 is 12.4 Å². The maximum absolute atomic E-state index is 3.54. The second-order valence-electron chi connectivity index (χ2n) is 2.39. The summed E-state index contributed by atoms with van der Waals surface area (Å²) in [4.78, 5) is 0. The molecule has 1 rings (SSSR count). The monoisotopic (exact) mass is 211 g/mol. The molecular weight excluding hydrogens is 194 g/mol. The topological polar surface area (TPSA) is 12.0 Å². The molecule has 0 saturated carbocycles. The molecule has 0 spiro atoms. The SMILES string of the molecule is C=CCNCC=C.Cl.c1ccccc1. The molecule has 78 valence electrons. The second kappa shape index (κ2) is 14.5. The third kappa shape index (κ3) is 13.5. The van der Waals surface area contributed by atoms with E-state index in [0.717, 1.165) is 13.1 Å². The third-order valence-corrected chi connectivity index (χ3v) is 1.24. The summed E-state index contributed by atoms with van der Waals surface area (Å²) >= 11 is 0. The summed E-state index contributed by atoms with van der Waals surface area (Å²) in [5.41, 5.74) is 0. The Kier molecular flexibility index (Phi) is 15.9. The molecule has 2 heteroatoms. The summed E-state index contributed by atoms with van der Waals surface area (Å²) < 4.78 is 0. The van der Waals surface area contributed by atoms with E-state index >= 15 is 0 Å². The number of benzene rings is 1. The van der Waals surface area contributed by atoms with Gasteiger partial charge >= 0.3 is 0 Å². The predicted molar refractivity (Wildman–Crippen MR) is 67.0 cm³/mol. The van der Waals surface area contributed by atoms with Crippen LogP contribution in [0.4, 0.5) is 0 Å². The van der Waals surface area contributed by atoms with Gasteiger partial charge in [-0.15, -0.1) is 25.6 Å². The van der Waals surface area contributed by atoms with Crippen molar-refractivity contribution in [3.63, 3.8) is 0 Å². The molecule has 0 aromatic heterocycles. The van der Waals surface area contributed by atoms with Crippen molar-refractivity contribution in [3.05, 3.63) is 61.7 Å². The van der Waals surface area contributed by atoms with Crippen LogP contribution < -0.4 is 5.32 Å². The van der Waals surface area contributed by atoms with E-state index in [0.29, 0.717) is 0 Å². The fourth-order valence-electron chi connectivity index (χ4n) is 0.672. The number of halogens is 1. The van der Waals surface area contributed by atoms with Crippen LogP contribution in [0.3, 0.4) is 0 Å². The summed E-state index contributed by atoms with van der Waals surface area (Å²) in [7, 11) is 0. The quantitative estimate of drug-likeness (QED) is 0.596. The van der Waals surface area contributed by atoms with Crippen molar-refractivity contribution in [2.24, 2.45) is 0 Å². The van der Waals surface area contributed by atoms with E-state index in [1.165, 1.54) is 0 Å². The molecule has 1 aromatic rings. The van der Waals surface area contributed by atoms with Crippen LogP contribution in [0.25, 0.3) is 0 Å². The van der Waals surface area contributed by atoms with Crippen LogP contribution in [-0.2, 0) is 0 Å². The smallest absolute Gasteiger partial charge is 0.0135 e. The standard InChI is InChI=1S/C6H11N.C6H6.ClH/c1-3-5-7-6-4-2;1-2-4-6-5-3-1;/h3-4,7H,1-2,5-6H2;1-6H;1H. The maximum Gasteiger partial charge on any atom is 0.0135 e. The normalized spacial score (nSPS) is 7.43. The average Bonchev–Trinajstić information content (AvgIpc) is 2.22. The molecule has 0 aliphatic rings. The minimum atomic E-state index is 0. The minimum Gasteiger partial charge on any atom is -0.310 e. The zero-order chi connectivity index (χ0) is 9.78. The molecule has 0 atom stereocenters. The van der Waals surface area contributed by atoms with Gasteiger partial charge in [-0.25, -0.2) is 0 Å². The summed E-state index contributed by atoms with van der Waals surface area (Å²) in [6.45, 7) is 8.81.